The van der Waals surface area contributed by atoms with Crippen LogP contribution in [0.15, 0.2) is 42.5 Å². The summed E-state index contributed by atoms with van der Waals surface area (Å²) >= 11 is 0. The minimum absolute atomic E-state index is 0.00530. The molecule has 2 amide bonds. The van der Waals surface area contributed by atoms with Crippen LogP contribution in [0.1, 0.15) is 22.5 Å². The molecular formula is C23H26N4O3. The number of H-pyrrole nitrogens is 1. The topological polar surface area (TPSA) is 78.5 Å². The lowest BCUT2D eigenvalue weighted by molar-refractivity contribution is -0.142. The summed E-state index contributed by atoms with van der Waals surface area (Å²) in [7, 11) is 1.76. The normalized spacial score (nSPS) is 29.0. The zero-order valence-corrected chi connectivity index (χ0v) is 17.5. The van der Waals surface area contributed by atoms with Gasteiger partial charge >= 0.3 is 0 Å². The molecule has 2 bridgehead atoms. The first kappa shape index (κ1) is 19.1. The highest BCUT2D eigenvalue weighted by molar-refractivity contribution is 5.93. The number of aryl methyl sites for hydroxylation is 2. The second-order valence-corrected chi connectivity index (χ2v) is 8.82. The predicted molar refractivity (Wildman–Crippen MR) is 110 cm³/mol. The second-order valence-electron chi connectivity index (χ2n) is 8.82. The van der Waals surface area contributed by atoms with Crippen LogP contribution in [0, 0.1) is 25.7 Å². The molecule has 7 heteroatoms. The van der Waals surface area contributed by atoms with Crippen molar-refractivity contribution in [1.82, 2.24) is 20.0 Å². The summed E-state index contributed by atoms with van der Waals surface area (Å²) in [6.07, 6.45) is 3.61. The van der Waals surface area contributed by atoms with Gasteiger partial charge in [-0.15, -0.1) is 0 Å². The smallest absolute Gasteiger partial charge is 0.230 e. The number of amides is 2. The zero-order valence-electron chi connectivity index (χ0n) is 17.5. The highest BCUT2D eigenvalue weighted by Crippen LogP contribution is 2.52. The molecular weight excluding hydrogens is 380 g/mol. The van der Waals surface area contributed by atoms with Gasteiger partial charge in [0.1, 0.15) is 5.60 Å². The third-order valence-corrected chi connectivity index (χ3v) is 6.45. The number of benzene rings is 1. The highest BCUT2D eigenvalue weighted by Gasteiger charge is 2.67. The van der Waals surface area contributed by atoms with Gasteiger partial charge in [0.15, 0.2) is 0 Å². The molecule has 1 spiro atoms. The van der Waals surface area contributed by atoms with E-state index in [2.05, 4.69) is 16.3 Å². The molecule has 4 heterocycles. The summed E-state index contributed by atoms with van der Waals surface area (Å²) in [5, 5.41) is 7.12. The van der Waals surface area contributed by atoms with Gasteiger partial charge in [-0.05, 0) is 25.5 Å². The molecule has 1 aromatic carbocycles. The number of likely N-dealkylation sites (tertiary alicyclic amines) is 1. The number of hydrogen-bond acceptors (Lipinski definition) is 4. The molecule has 30 heavy (non-hydrogen) atoms. The number of aromatic amines is 1. The molecule has 2 unspecified atom stereocenters. The van der Waals surface area contributed by atoms with E-state index in [1.807, 2.05) is 55.2 Å². The van der Waals surface area contributed by atoms with Crippen LogP contribution >= 0.6 is 0 Å². The Hall–Kier alpha value is -2.93. The first-order valence-electron chi connectivity index (χ1n) is 10.3. The molecule has 1 N–H and O–H groups in total. The Morgan fingerprint density at radius 1 is 1.37 bits per heavy atom. The van der Waals surface area contributed by atoms with Crippen molar-refractivity contribution in [3.8, 4) is 0 Å². The summed E-state index contributed by atoms with van der Waals surface area (Å²) in [4.78, 5) is 30.2. The monoisotopic (exact) mass is 406 g/mol. The van der Waals surface area contributed by atoms with E-state index in [4.69, 9.17) is 4.74 Å². The van der Waals surface area contributed by atoms with E-state index < -0.39 is 17.4 Å². The van der Waals surface area contributed by atoms with Crippen LogP contribution in [0.2, 0.25) is 0 Å². The van der Waals surface area contributed by atoms with Crippen molar-refractivity contribution in [2.75, 3.05) is 13.6 Å². The zero-order chi connectivity index (χ0) is 21.0. The summed E-state index contributed by atoms with van der Waals surface area (Å²) in [5.41, 5.74) is 3.32. The van der Waals surface area contributed by atoms with Gasteiger partial charge in [-0.2, -0.15) is 5.10 Å². The lowest BCUT2D eigenvalue weighted by atomic mass is 9.76. The van der Waals surface area contributed by atoms with Crippen molar-refractivity contribution in [2.45, 2.75) is 38.6 Å². The van der Waals surface area contributed by atoms with Crippen LogP contribution < -0.4 is 0 Å². The summed E-state index contributed by atoms with van der Waals surface area (Å²) in [6.45, 7) is 5.39. The number of nitrogens with one attached hydrogen (secondary N) is 1. The Morgan fingerprint density at radius 2 is 2.20 bits per heavy atom. The van der Waals surface area contributed by atoms with Crippen molar-refractivity contribution in [3.63, 3.8) is 0 Å². The second kappa shape index (κ2) is 6.80. The minimum Gasteiger partial charge on any atom is -0.360 e. The number of ether oxygens (including phenoxy) is 1. The summed E-state index contributed by atoms with van der Waals surface area (Å²) in [6, 6.07) is 10.1. The summed E-state index contributed by atoms with van der Waals surface area (Å²) in [5.74, 6) is -1.02. The fraction of sp³-hybridized carbons (Fsp3) is 0.435. The SMILES string of the molecule is Cc1cccc(CN2C[C@]34C=C[C@H](O3)C(C(=O)N(C)Cc3cc(C)[nH]n3)C4C2=O)c1. The van der Waals surface area contributed by atoms with Crippen molar-refractivity contribution >= 4 is 11.8 Å². The molecule has 5 rings (SSSR count). The fourth-order valence-electron chi connectivity index (χ4n) is 5.16. The number of aromatic nitrogens is 2. The lowest BCUT2D eigenvalue weighted by Gasteiger charge is -2.27. The third kappa shape index (κ3) is 2.96. The van der Waals surface area contributed by atoms with Crippen LogP contribution in [0.3, 0.4) is 0 Å². The van der Waals surface area contributed by atoms with Gasteiger partial charge in [0, 0.05) is 19.3 Å². The first-order chi connectivity index (χ1) is 14.4. The van der Waals surface area contributed by atoms with Crippen molar-refractivity contribution in [3.05, 3.63) is 65.0 Å². The largest absolute Gasteiger partial charge is 0.360 e. The molecule has 0 aliphatic carbocycles. The maximum Gasteiger partial charge on any atom is 0.230 e. The van der Waals surface area contributed by atoms with Crippen LogP contribution in [-0.4, -0.2) is 57.1 Å². The minimum atomic E-state index is -0.685. The molecule has 3 aliphatic rings. The molecule has 2 saturated heterocycles. The average Bonchev–Trinajstić information content (AvgIpc) is 3.44. The number of carbonyl (C=O) groups excluding carboxylic acids is 2. The molecule has 0 radical (unpaired) electrons. The van der Waals surface area contributed by atoms with Crippen LogP contribution in [0.25, 0.3) is 0 Å². The maximum absolute atomic E-state index is 13.4. The van der Waals surface area contributed by atoms with Gasteiger partial charge in [-0.1, -0.05) is 42.0 Å². The molecule has 7 nitrogen and oxygen atoms in total. The van der Waals surface area contributed by atoms with Gasteiger partial charge in [0.05, 0.1) is 36.7 Å². The average molecular weight is 406 g/mol. The molecule has 0 saturated carbocycles. The predicted octanol–water partition coefficient (Wildman–Crippen LogP) is 1.97. The number of rotatable bonds is 5. The maximum atomic E-state index is 13.4. The van der Waals surface area contributed by atoms with E-state index in [1.165, 1.54) is 0 Å². The van der Waals surface area contributed by atoms with E-state index in [0.717, 1.165) is 22.5 Å². The van der Waals surface area contributed by atoms with Crippen molar-refractivity contribution in [2.24, 2.45) is 11.8 Å². The first-order valence-corrected chi connectivity index (χ1v) is 10.3. The van der Waals surface area contributed by atoms with E-state index in [9.17, 15) is 9.59 Å². The quantitative estimate of drug-likeness (QED) is 0.770. The Labute approximate surface area is 175 Å². The number of fused-ring (bicyclic) bond motifs is 1. The van der Waals surface area contributed by atoms with E-state index in [0.29, 0.717) is 19.6 Å². The van der Waals surface area contributed by atoms with Crippen LogP contribution in [0.4, 0.5) is 0 Å². The number of nitrogens with zero attached hydrogens (tertiary/aromatic N) is 3. The molecule has 2 aromatic rings. The number of hydrogen-bond donors (Lipinski definition) is 1. The standard InChI is InChI=1S/C23H26N4O3/c1-14-5-4-6-16(9-14)11-27-13-23-8-7-18(30-23)19(20(23)22(27)29)21(28)26(3)12-17-10-15(2)24-25-17/h4-10,18-20H,11-13H2,1-3H3,(H,24,25)/t18-,19?,20?,23-/m0/s1. The van der Waals surface area contributed by atoms with Crippen molar-refractivity contribution in [1.29, 1.82) is 0 Å². The van der Waals surface area contributed by atoms with E-state index in [-0.39, 0.29) is 17.9 Å². The van der Waals surface area contributed by atoms with Gasteiger partial charge in [-0.3, -0.25) is 14.7 Å². The fourth-order valence-corrected chi connectivity index (χ4v) is 5.16. The Morgan fingerprint density at radius 3 is 2.93 bits per heavy atom. The third-order valence-electron chi connectivity index (χ3n) is 6.45. The van der Waals surface area contributed by atoms with Crippen LogP contribution in [0.5, 0.6) is 0 Å². The van der Waals surface area contributed by atoms with Gasteiger partial charge in [-0.25, -0.2) is 0 Å². The van der Waals surface area contributed by atoms with Gasteiger partial charge in [0.25, 0.3) is 0 Å². The number of carbonyl (C=O) groups is 2. The Bertz CT molecular complexity index is 1040. The summed E-state index contributed by atoms with van der Waals surface area (Å²) < 4.78 is 6.24. The molecule has 2 fully saturated rings. The highest BCUT2D eigenvalue weighted by atomic mass is 16.5. The Balaban J connectivity index is 1.36. The van der Waals surface area contributed by atoms with Gasteiger partial charge < -0.3 is 14.5 Å². The molecule has 4 atom stereocenters. The van der Waals surface area contributed by atoms with E-state index in [1.54, 1.807) is 11.9 Å². The molecule has 156 valence electrons. The van der Waals surface area contributed by atoms with E-state index >= 15 is 0 Å². The van der Waals surface area contributed by atoms with Gasteiger partial charge in [0.2, 0.25) is 11.8 Å². The van der Waals surface area contributed by atoms with Crippen LogP contribution in [-0.2, 0) is 27.4 Å². The van der Waals surface area contributed by atoms with Crippen molar-refractivity contribution < 1.29 is 14.3 Å². The Kier molecular flexibility index (Phi) is 4.32. The molecule has 3 aliphatic heterocycles. The lowest BCUT2D eigenvalue weighted by Crippen LogP contribution is -2.44. The molecule has 1 aromatic heterocycles.